The van der Waals surface area contributed by atoms with Gasteiger partial charge in [-0.25, -0.2) is 4.39 Å². The van der Waals surface area contributed by atoms with E-state index in [4.69, 9.17) is 5.11 Å². The third-order valence-corrected chi connectivity index (χ3v) is 1.78. The summed E-state index contributed by atoms with van der Waals surface area (Å²) < 4.78 is 12.8. The average molecular weight is 155 g/mol. The van der Waals surface area contributed by atoms with Crippen LogP contribution in [0.5, 0.6) is 0 Å². The first-order chi connectivity index (χ1) is 5.16. The van der Waals surface area contributed by atoms with E-state index in [1.807, 2.05) is 0 Å². The van der Waals surface area contributed by atoms with Gasteiger partial charge in [0, 0.05) is 11.3 Å². The lowest BCUT2D eigenvalue weighted by Gasteiger charge is -2.05. The van der Waals surface area contributed by atoms with Crippen LogP contribution in [0.15, 0.2) is 6.20 Å². The van der Waals surface area contributed by atoms with Crippen LogP contribution in [-0.2, 0) is 6.61 Å². The quantitative estimate of drug-likeness (QED) is 0.663. The maximum absolute atomic E-state index is 12.8. The summed E-state index contributed by atoms with van der Waals surface area (Å²) in [7, 11) is 0. The van der Waals surface area contributed by atoms with Gasteiger partial charge >= 0.3 is 0 Å². The topological polar surface area (TPSA) is 33.1 Å². The molecule has 0 aromatic carbocycles. The number of rotatable bonds is 1. The first-order valence-corrected chi connectivity index (χ1v) is 3.38. The van der Waals surface area contributed by atoms with Crippen LogP contribution in [0, 0.1) is 19.7 Å². The van der Waals surface area contributed by atoms with E-state index < -0.39 is 0 Å². The standard InChI is InChI=1S/C8H10FNO/c1-5-7(4-11)6(2)10-3-8(5)9/h3,11H,4H2,1-2H3. The first-order valence-electron chi connectivity index (χ1n) is 3.38. The monoisotopic (exact) mass is 155 g/mol. The van der Waals surface area contributed by atoms with Gasteiger partial charge in [-0.05, 0) is 19.4 Å². The van der Waals surface area contributed by atoms with Gasteiger partial charge in [-0.3, -0.25) is 4.98 Å². The molecule has 0 saturated carbocycles. The van der Waals surface area contributed by atoms with Crippen molar-refractivity contribution in [3.05, 3.63) is 28.8 Å². The van der Waals surface area contributed by atoms with Crippen molar-refractivity contribution >= 4 is 0 Å². The van der Waals surface area contributed by atoms with E-state index in [9.17, 15) is 4.39 Å². The summed E-state index contributed by atoms with van der Waals surface area (Å²) in [5.41, 5.74) is 1.76. The average Bonchev–Trinajstić information content (AvgIpc) is 1.99. The van der Waals surface area contributed by atoms with E-state index in [1.165, 1.54) is 6.20 Å². The molecule has 0 aliphatic heterocycles. The fourth-order valence-electron chi connectivity index (χ4n) is 0.977. The molecule has 60 valence electrons. The summed E-state index contributed by atoms with van der Waals surface area (Å²) >= 11 is 0. The number of aryl methyl sites for hydroxylation is 1. The Morgan fingerprint density at radius 1 is 1.55 bits per heavy atom. The number of nitrogens with zero attached hydrogens (tertiary/aromatic N) is 1. The Hall–Kier alpha value is -0.960. The van der Waals surface area contributed by atoms with Crippen LogP contribution in [0.2, 0.25) is 0 Å². The van der Waals surface area contributed by atoms with Gasteiger partial charge in [0.1, 0.15) is 5.82 Å². The number of aromatic nitrogens is 1. The van der Waals surface area contributed by atoms with Crippen LogP contribution in [0.3, 0.4) is 0 Å². The Morgan fingerprint density at radius 3 is 2.64 bits per heavy atom. The zero-order valence-electron chi connectivity index (χ0n) is 6.56. The molecule has 1 N–H and O–H groups in total. The molecule has 1 heterocycles. The van der Waals surface area contributed by atoms with Crippen molar-refractivity contribution in [1.82, 2.24) is 4.98 Å². The van der Waals surface area contributed by atoms with Crippen molar-refractivity contribution in [1.29, 1.82) is 0 Å². The van der Waals surface area contributed by atoms with Crippen molar-refractivity contribution in [2.45, 2.75) is 20.5 Å². The molecule has 0 unspecified atom stereocenters. The van der Waals surface area contributed by atoms with Gasteiger partial charge in [0.2, 0.25) is 0 Å². The lowest BCUT2D eigenvalue weighted by molar-refractivity contribution is 0.278. The van der Waals surface area contributed by atoms with Gasteiger partial charge < -0.3 is 5.11 Å². The lowest BCUT2D eigenvalue weighted by atomic mass is 10.1. The highest BCUT2D eigenvalue weighted by atomic mass is 19.1. The molecular weight excluding hydrogens is 145 g/mol. The molecule has 2 nitrogen and oxygen atoms in total. The van der Waals surface area contributed by atoms with Gasteiger partial charge in [-0.15, -0.1) is 0 Å². The first kappa shape index (κ1) is 8.14. The number of aliphatic hydroxyl groups is 1. The number of aliphatic hydroxyl groups excluding tert-OH is 1. The van der Waals surface area contributed by atoms with Crippen LogP contribution in [0.25, 0.3) is 0 Å². The summed E-state index contributed by atoms with van der Waals surface area (Å²) in [6.45, 7) is 3.23. The van der Waals surface area contributed by atoms with E-state index in [0.29, 0.717) is 16.8 Å². The smallest absolute Gasteiger partial charge is 0.144 e. The van der Waals surface area contributed by atoms with Gasteiger partial charge in [0.05, 0.1) is 12.8 Å². The van der Waals surface area contributed by atoms with Gasteiger partial charge in [-0.2, -0.15) is 0 Å². The Balaban J connectivity index is 3.29. The van der Waals surface area contributed by atoms with Crippen molar-refractivity contribution in [2.24, 2.45) is 0 Å². The van der Waals surface area contributed by atoms with Crippen LogP contribution in [0.4, 0.5) is 4.39 Å². The van der Waals surface area contributed by atoms with Crippen molar-refractivity contribution < 1.29 is 9.50 Å². The second-order valence-corrected chi connectivity index (χ2v) is 2.45. The zero-order chi connectivity index (χ0) is 8.43. The van der Waals surface area contributed by atoms with E-state index in [1.54, 1.807) is 13.8 Å². The molecule has 0 bridgehead atoms. The van der Waals surface area contributed by atoms with E-state index in [2.05, 4.69) is 4.98 Å². The Bertz CT molecular complexity index is 273. The molecule has 0 fully saturated rings. The zero-order valence-corrected chi connectivity index (χ0v) is 6.56. The Morgan fingerprint density at radius 2 is 2.18 bits per heavy atom. The Kier molecular flexibility index (Phi) is 2.19. The molecule has 0 amide bonds. The van der Waals surface area contributed by atoms with Gasteiger partial charge in [0.15, 0.2) is 0 Å². The second-order valence-electron chi connectivity index (χ2n) is 2.45. The minimum absolute atomic E-state index is 0.150. The van der Waals surface area contributed by atoms with E-state index in [-0.39, 0.29) is 12.4 Å². The fourth-order valence-corrected chi connectivity index (χ4v) is 0.977. The lowest BCUT2D eigenvalue weighted by Crippen LogP contribution is -1.98. The molecule has 1 aromatic heterocycles. The third kappa shape index (κ3) is 1.38. The van der Waals surface area contributed by atoms with Crippen molar-refractivity contribution in [3.8, 4) is 0 Å². The molecule has 1 rings (SSSR count). The summed E-state index contributed by atoms with van der Waals surface area (Å²) in [6, 6.07) is 0. The Labute approximate surface area is 64.7 Å². The molecule has 0 aliphatic rings. The molecule has 0 atom stereocenters. The number of pyridine rings is 1. The van der Waals surface area contributed by atoms with E-state index >= 15 is 0 Å². The predicted molar refractivity (Wildman–Crippen MR) is 39.6 cm³/mol. The number of hydrogen-bond donors (Lipinski definition) is 1. The molecular formula is C8H10FNO. The van der Waals surface area contributed by atoms with Crippen LogP contribution in [-0.4, -0.2) is 10.1 Å². The summed E-state index contributed by atoms with van der Waals surface area (Å²) in [4.78, 5) is 3.78. The molecule has 1 aromatic rings. The molecule has 0 aliphatic carbocycles. The largest absolute Gasteiger partial charge is 0.392 e. The maximum Gasteiger partial charge on any atom is 0.144 e. The number of halogens is 1. The molecule has 3 heteroatoms. The van der Waals surface area contributed by atoms with Gasteiger partial charge in [-0.1, -0.05) is 0 Å². The summed E-state index contributed by atoms with van der Waals surface area (Å²) in [5.74, 6) is -0.361. The summed E-state index contributed by atoms with van der Waals surface area (Å²) in [5, 5.41) is 8.82. The van der Waals surface area contributed by atoms with Gasteiger partial charge in [0.25, 0.3) is 0 Å². The highest BCUT2D eigenvalue weighted by molar-refractivity contribution is 5.28. The van der Waals surface area contributed by atoms with Crippen molar-refractivity contribution in [2.75, 3.05) is 0 Å². The van der Waals surface area contributed by atoms with Crippen LogP contribution in [0.1, 0.15) is 16.8 Å². The second kappa shape index (κ2) is 2.96. The molecule has 0 saturated heterocycles. The normalized spacial score (nSPS) is 10.2. The molecule has 11 heavy (non-hydrogen) atoms. The maximum atomic E-state index is 12.8. The summed E-state index contributed by atoms with van der Waals surface area (Å²) in [6.07, 6.45) is 1.17. The van der Waals surface area contributed by atoms with Crippen LogP contribution < -0.4 is 0 Å². The molecule has 0 radical (unpaired) electrons. The fraction of sp³-hybridized carbons (Fsp3) is 0.375. The predicted octanol–water partition coefficient (Wildman–Crippen LogP) is 1.33. The number of hydrogen-bond acceptors (Lipinski definition) is 2. The minimum atomic E-state index is -0.361. The minimum Gasteiger partial charge on any atom is -0.392 e. The highest BCUT2D eigenvalue weighted by Gasteiger charge is 2.06. The van der Waals surface area contributed by atoms with E-state index in [0.717, 1.165) is 0 Å². The van der Waals surface area contributed by atoms with Crippen molar-refractivity contribution in [3.63, 3.8) is 0 Å². The highest BCUT2D eigenvalue weighted by Crippen LogP contribution is 2.13. The third-order valence-electron chi connectivity index (χ3n) is 1.78. The SMILES string of the molecule is Cc1ncc(F)c(C)c1CO. The molecule has 0 spiro atoms. The van der Waals surface area contributed by atoms with Crippen LogP contribution >= 0.6 is 0 Å².